The molecule has 0 aliphatic rings. The number of aromatic nitrogens is 1. The number of nitrogens with zero attached hydrogens (tertiary/aromatic N) is 1. The molecule has 2 aromatic carbocycles. The van der Waals surface area contributed by atoms with E-state index >= 15 is 0 Å². The SMILES string of the molecule is CCCCOc1ccc(NC(=O)c2cnc(C(=O)O)c(OCc3ccc(F)cc3)c2)cc1. The van der Waals surface area contributed by atoms with Crippen molar-refractivity contribution in [1.82, 2.24) is 4.98 Å². The van der Waals surface area contributed by atoms with E-state index in [9.17, 15) is 19.1 Å². The molecule has 2 N–H and O–H groups in total. The quantitative estimate of drug-likeness (QED) is 0.436. The van der Waals surface area contributed by atoms with Crippen LogP contribution in [0.4, 0.5) is 10.1 Å². The summed E-state index contributed by atoms with van der Waals surface area (Å²) in [5.41, 5.74) is 0.998. The largest absolute Gasteiger partial charge is 0.494 e. The molecular weight excluding hydrogens is 415 g/mol. The van der Waals surface area contributed by atoms with Crippen LogP contribution < -0.4 is 14.8 Å². The maximum Gasteiger partial charge on any atom is 0.358 e. The second-order valence-corrected chi connectivity index (χ2v) is 6.97. The summed E-state index contributed by atoms with van der Waals surface area (Å²) in [7, 11) is 0. The lowest BCUT2D eigenvalue weighted by Crippen LogP contribution is -2.14. The van der Waals surface area contributed by atoms with Crippen LogP contribution in [0.5, 0.6) is 11.5 Å². The number of carbonyl (C=O) groups excluding carboxylic acids is 1. The molecule has 1 aromatic heterocycles. The van der Waals surface area contributed by atoms with E-state index in [1.807, 2.05) is 0 Å². The molecule has 0 fully saturated rings. The molecule has 0 aliphatic heterocycles. The number of benzene rings is 2. The monoisotopic (exact) mass is 438 g/mol. The van der Waals surface area contributed by atoms with E-state index in [1.54, 1.807) is 24.3 Å². The van der Waals surface area contributed by atoms with Crippen LogP contribution in [0, 0.1) is 5.82 Å². The van der Waals surface area contributed by atoms with E-state index in [4.69, 9.17) is 9.47 Å². The molecule has 0 radical (unpaired) electrons. The summed E-state index contributed by atoms with van der Waals surface area (Å²) >= 11 is 0. The van der Waals surface area contributed by atoms with Gasteiger partial charge in [-0.25, -0.2) is 14.2 Å². The minimum absolute atomic E-state index is 0.00714. The minimum Gasteiger partial charge on any atom is -0.494 e. The molecule has 7 nitrogen and oxygen atoms in total. The zero-order valence-electron chi connectivity index (χ0n) is 17.5. The van der Waals surface area contributed by atoms with E-state index in [-0.39, 0.29) is 29.4 Å². The number of carboxylic acids is 1. The van der Waals surface area contributed by atoms with Crippen molar-refractivity contribution in [1.29, 1.82) is 0 Å². The van der Waals surface area contributed by atoms with Gasteiger partial charge in [-0.15, -0.1) is 0 Å². The van der Waals surface area contributed by atoms with Crippen molar-refractivity contribution in [2.75, 3.05) is 11.9 Å². The summed E-state index contributed by atoms with van der Waals surface area (Å²) in [6.07, 6.45) is 3.17. The van der Waals surface area contributed by atoms with Crippen molar-refractivity contribution in [3.63, 3.8) is 0 Å². The highest BCUT2D eigenvalue weighted by Gasteiger charge is 2.17. The summed E-state index contributed by atoms with van der Waals surface area (Å²) in [4.78, 5) is 28.0. The summed E-state index contributed by atoms with van der Waals surface area (Å²) in [6.45, 7) is 2.70. The van der Waals surface area contributed by atoms with Gasteiger partial charge in [-0.3, -0.25) is 4.79 Å². The van der Waals surface area contributed by atoms with E-state index in [0.717, 1.165) is 12.8 Å². The first-order chi connectivity index (χ1) is 15.5. The first kappa shape index (κ1) is 22.7. The lowest BCUT2D eigenvalue weighted by molar-refractivity contribution is 0.0684. The molecule has 0 saturated carbocycles. The Kier molecular flexibility index (Phi) is 7.75. The van der Waals surface area contributed by atoms with E-state index < -0.39 is 11.9 Å². The van der Waals surface area contributed by atoms with Crippen LogP contribution in [-0.4, -0.2) is 28.6 Å². The molecule has 0 spiro atoms. The zero-order valence-corrected chi connectivity index (χ0v) is 17.5. The number of nitrogens with one attached hydrogen (secondary N) is 1. The number of rotatable bonds is 10. The van der Waals surface area contributed by atoms with Gasteiger partial charge in [0.25, 0.3) is 5.91 Å². The Morgan fingerprint density at radius 1 is 1.06 bits per heavy atom. The number of carbonyl (C=O) groups is 2. The standard InChI is InChI=1S/C24H23FN2O5/c1-2-3-12-31-20-10-8-19(9-11-20)27-23(28)17-13-21(22(24(29)30)26-14-17)32-15-16-4-6-18(25)7-5-16/h4-11,13-14H,2-3,12,15H2,1H3,(H,27,28)(H,29,30). The molecule has 0 saturated heterocycles. The summed E-state index contributed by atoms with van der Waals surface area (Å²) in [5.74, 6) is -1.50. The summed E-state index contributed by atoms with van der Waals surface area (Å²) < 4.78 is 24.2. The minimum atomic E-state index is -1.29. The number of aromatic carboxylic acids is 1. The Bertz CT molecular complexity index is 1070. The van der Waals surface area contributed by atoms with E-state index in [0.29, 0.717) is 23.6 Å². The van der Waals surface area contributed by atoms with Gasteiger partial charge in [0.15, 0.2) is 11.4 Å². The Labute approximate surface area is 184 Å². The number of anilines is 1. The second kappa shape index (κ2) is 10.9. The fourth-order valence-electron chi connectivity index (χ4n) is 2.75. The van der Waals surface area contributed by atoms with Crippen molar-refractivity contribution in [3.05, 3.63) is 83.4 Å². The lowest BCUT2D eigenvalue weighted by atomic mass is 10.2. The lowest BCUT2D eigenvalue weighted by Gasteiger charge is -2.11. The van der Waals surface area contributed by atoms with Crippen LogP contribution >= 0.6 is 0 Å². The fraction of sp³-hybridized carbons (Fsp3) is 0.208. The Morgan fingerprint density at radius 2 is 1.78 bits per heavy atom. The topological polar surface area (TPSA) is 97.8 Å². The number of carboxylic acid groups (broad SMARTS) is 1. The number of pyridine rings is 1. The Balaban J connectivity index is 1.69. The van der Waals surface area contributed by atoms with E-state index in [1.165, 1.54) is 36.5 Å². The molecule has 0 atom stereocenters. The van der Waals surface area contributed by atoms with Gasteiger partial charge in [0, 0.05) is 11.9 Å². The Hall–Kier alpha value is -3.94. The molecule has 166 valence electrons. The van der Waals surface area contributed by atoms with Gasteiger partial charge in [-0.2, -0.15) is 0 Å². The molecule has 0 bridgehead atoms. The zero-order chi connectivity index (χ0) is 22.9. The number of amides is 1. The number of ether oxygens (including phenoxy) is 2. The van der Waals surface area contributed by atoms with Crippen LogP contribution in [-0.2, 0) is 6.61 Å². The third kappa shape index (κ3) is 6.28. The molecule has 1 heterocycles. The third-order valence-corrected chi connectivity index (χ3v) is 4.50. The first-order valence-electron chi connectivity index (χ1n) is 10.1. The first-order valence-corrected chi connectivity index (χ1v) is 10.1. The molecule has 32 heavy (non-hydrogen) atoms. The van der Waals surface area contributed by atoms with Gasteiger partial charge < -0.3 is 19.9 Å². The fourth-order valence-corrected chi connectivity index (χ4v) is 2.75. The third-order valence-electron chi connectivity index (χ3n) is 4.50. The average Bonchev–Trinajstić information content (AvgIpc) is 2.79. The second-order valence-electron chi connectivity index (χ2n) is 6.97. The molecule has 3 aromatic rings. The van der Waals surface area contributed by atoms with Crippen LogP contribution in [0.2, 0.25) is 0 Å². The van der Waals surface area contributed by atoms with Crippen molar-refractivity contribution < 1.29 is 28.6 Å². The predicted octanol–water partition coefficient (Wildman–Crippen LogP) is 4.93. The highest BCUT2D eigenvalue weighted by molar-refractivity contribution is 6.04. The Morgan fingerprint density at radius 3 is 2.44 bits per heavy atom. The van der Waals surface area contributed by atoms with Gasteiger partial charge in [0.1, 0.15) is 18.2 Å². The van der Waals surface area contributed by atoms with Crippen molar-refractivity contribution >= 4 is 17.6 Å². The molecule has 8 heteroatoms. The van der Waals surface area contributed by atoms with Gasteiger partial charge in [0.2, 0.25) is 0 Å². The summed E-state index contributed by atoms with van der Waals surface area (Å²) in [5, 5.41) is 12.1. The van der Waals surface area contributed by atoms with Crippen LogP contribution in [0.1, 0.15) is 46.2 Å². The van der Waals surface area contributed by atoms with Crippen LogP contribution in [0.3, 0.4) is 0 Å². The number of hydrogen-bond donors (Lipinski definition) is 2. The maximum absolute atomic E-state index is 13.1. The number of hydrogen-bond acceptors (Lipinski definition) is 5. The van der Waals surface area contributed by atoms with Crippen molar-refractivity contribution in [2.45, 2.75) is 26.4 Å². The highest BCUT2D eigenvalue weighted by atomic mass is 19.1. The molecule has 3 rings (SSSR count). The number of halogens is 1. The van der Waals surface area contributed by atoms with Gasteiger partial charge in [0.05, 0.1) is 12.2 Å². The summed E-state index contributed by atoms with van der Waals surface area (Å²) in [6, 6.07) is 13.9. The molecule has 0 unspecified atom stereocenters. The smallest absolute Gasteiger partial charge is 0.358 e. The van der Waals surface area contributed by atoms with Gasteiger partial charge in [-0.1, -0.05) is 25.5 Å². The number of unbranched alkanes of at least 4 members (excludes halogenated alkanes) is 1. The van der Waals surface area contributed by atoms with Crippen LogP contribution in [0.25, 0.3) is 0 Å². The normalized spacial score (nSPS) is 10.4. The molecule has 0 aliphatic carbocycles. The molecule has 1 amide bonds. The molecular formula is C24H23FN2O5. The van der Waals surface area contributed by atoms with Gasteiger partial charge >= 0.3 is 5.97 Å². The maximum atomic E-state index is 13.1. The van der Waals surface area contributed by atoms with Crippen molar-refractivity contribution in [2.24, 2.45) is 0 Å². The van der Waals surface area contributed by atoms with E-state index in [2.05, 4.69) is 17.2 Å². The highest BCUT2D eigenvalue weighted by Crippen LogP contribution is 2.22. The van der Waals surface area contributed by atoms with Gasteiger partial charge in [-0.05, 0) is 54.4 Å². The van der Waals surface area contributed by atoms with Crippen molar-refractivity contribution in [3.8, 4) is 11.5 Å². The predicted molar refractivity (Wildman–Crippen MR) is 117 cm³/mol. The van der Waals surface area contributed by atoms with Crippen LogP contribution in [0.15, 0.2) is 60.8 Å². The average molecular weight is 438 g/mol.